The van der Waals surface area contributed by atoms with E-state index in [1.54, 1.807) is 12.1 Å². The second kappa shape index (κ2) is 6.01. The summed E-state index contributed by atoms with van der Waals surface area (Å²) in [6.07, 6.45) is 0. The van der Waals surface area contributed by atoms with Crippen molar-refractivity contribution in [2.24, 2.45) is 0 Å². The van der Waals surface area contributed by atoms with E-state index in [1.807, 2.05) is 43.3 Å². The molecule has 26 heavy (non-hydrogen) atoms. The number of pyridine rings is 1. The molecule has 0 aliphatic rings. The van der Waals surface area contributed by atoms with Crippen molar-refractivity contribution in [2.75, 3.05) is 30.5 Å². The van der Waals surface area contributed by atoms with Crippen LogP contribution in [-0.4, -0.2) is 23.7 Å². The Morgan fingerprint density at radius 3 is 2.00 bits per heavy atom. The molecule has 3 rings (SSSR count). The van der Waals surface area contributed by atoms with E-state index in [9.17, 15) is 15.8 Å². The van der Waals surface area contributed by atoms with Crippen molar-refractivity contribution in [2.45, 2.75) is 0 Å². The average Bonchev–Trinajstić information content (AvgIpc) is 2.98. The van der Waals surface area contributed by atoms with Crippen LogP contribution in [0.5, 0.6) is 0 Å². The fourth-order valence-electron chi connectivity index (χ4n) is 2.86. The molecule has 8 heteroatoms. The lowest BCUT2D eigenvalue weighted by Crippen LogP contribution is -2.09. The third kappa shape index (κ3) is 2.24. The topological polar surface area (TPSA) is 144 Å². The number of aromatic nitrogens is 2. The minimum absolute atomic E-state index is 0.0291. The minimum atomic E-state index is -0.0419. The number of nitrogen functional groups attached to an aromatic ring is 2. The van der Waals surface area contributed by atoms with E-state index in [2.05, 4.69) is 11.2 Å². The van der Waals surface area contributed by atoms with Gasteiger partial charge in [-0.2, -0.15) is 15.8 Å². The van der Waals surface area contributed by atoms with Crippen LogP contribution in [0.3, 0.4) is 0 Å². The third-order valence-electron chi connectivity index (χ3n) is 4.14. The Bertz CT molecular complexity index is 1150. The van der Waals surface area contributed by atoms with E-state index < -0.39 is 0 Å². The van der Waals surface area contributed by atoms with Crippen molar-refractivity contribution in [3.8, 4) is 29.3 Å². The fraction of sp³-hybridized carbons (Fsp3) is 0.111. The molecular formula is C18H14N8. The Hall–Kier alpha value is -4.22. The summed E-state index contributed by atoms with van der Waals surface area (Å²) in [6.45, 7) is 0. The van der Waals surface area contributed by atoms with Crippen molar-refractivity contribution in [3.63, 3.8) is 0 Å². The molecule has 0 aliphatic carbocycles. The van der Waals surface area contributed by atoms with Gasteiger partial charge in [0.05, 0.1) is 5.56 Å². The zero-order chi connectivity index (χ0) is 19.0. The first-order chi connectivity index (χ1) is 12.4. The third-order valence-corrected chi connectivity index (χ3v) is 4.14. The molecule has 0 bridgehead atoms. The predicted octanol–water partition coefficient (Wildman–Crippen LogP) is 1.85. The number of nitrogens with zero attached hydrogens (tertiary/aromatic N) is 6. The Balaban J connectivity index is 2.47. The Labute approximate surface area is 149 Å². The summed E-state index contributed by atoms with van der Waals surface area (Å²) < 4.78 is 1.18. The number of anilines is 3. The van der Waals surface area contributed by atoms with Gasteiger partial charge < -0.3 is 16.4 Å². The number of nitrogens with two attached hydrogens (primary N) is 2. The molecule has 126 valence electrons. The molecule has 8 nitrogen and oxygen atoms in total. The van der Waals surface area contributed by atoms with Crippen molar-refractivity contribution in [3.05, 3.63) is 41.0 Å². The van der Waals surface area contributed by atoms with Gasteiger partial charge in [0.1, 0.15) is 40.7 Å². The number of nitriles is 3. The summed E-state index contributed by atoms with van der Waals surface area (Å²) in [5.41, 5.74) is 14.4. The smallest absolute Gasteiger partial charge is 0.164 e. The maximum Gasteiger partial charge on any atom is 0.164 e. The van der Waals surface area contributed by atoms with E-state index in [0.29, 0.717) is 11.1 Å². The lowest BCUT2D eigenvalue weighted by atomic mass is 9.94. The SMILES string of the molecule is CN(C)c1ccc(-c2c(C#N)c(N)n3nc(N)c(C#N)c3c2C#N)cc1. The first kappa shape index (κ1) is 16.6. The summed E-state index contributed by atoms with van der Waals surface area (Å²) in [6, 6.07) is 13.4. The maximum absolute atomic E-state index is 9.76. The first-order valence-electron chi connectivity index (χ1n) is 7.56. The predicted molar refractivity (Wildman–Crippen MR) is 97.9 cm³/mol. The van der Waals surface area contributed by atoms with Gasteiger partial charge >= 0.3 is 0 Å². The Morgan fingerprint density at radius 2 is 1.50 bits per heavy atom. The van der Waals surface area contributed by atoms with Gasteiger partial charge in [0, 0.05) is 25.3 Å². The molecule has 2 aromatic heterocycles. The highest BCUT2D eigenvalue weighted by Crippen LogP contribution is 2.36. The molecule has 0 spiro atoms. The molecule has 0 fully saturated rings. The highest BCUT2D eigenvalue weighted by molar-refractivity contribution is 5.91. The molecule has 4 N–H and O–H groups in total. The molecule has 0 aliphatic heterocycles. The van der Waals surface area contributed by atoms with Gasteiger partial charge in [-0.15, -0.1) is 5.10 Å². The highest BCUT2D eigenvalue weighted by atomic mass is 15.3. The van der Waals surface area contributed by atoms with Gasteiger partial charge in [-0.25, -0.2) is 4.52 Å². The second-order valence-electron chi connectivity index (χ2n) is 5.81. The van der Waals surface area contributed by atoms with E-state index >= 15 is 0 Å². The second-order valence-corrected chi connectivity index (χ2v) is 5.81. The van der Waals surface area contributed by atoms with Crippen LogP contribution in [0.4, 0.5) is 17.3 Å². The minimum Gasteiger partial charge on any atom is -0.383 e. The number of hydrogen-bond acceptors (Lipinski definition) is 7. The van der Waals surface area contributed by atoms with Crippen LogP contribution in [0.1, 0.15) is 16.7 Å². The standard InChI is InChI=1S/C18H14N8/c1-25(2)11-5-3-10(4-6-11)15-12(7-19)16-14(9-21)17(22)24-26(16)18(23)13(15)8-20/h3-6H,23H2,1-2H3,(H2,22,24). The molecule has 2 heterocycles. The van der Waals surface area contributed by atoms with Gasteiger partial charge in [0.15, 0.2) is 5.82 Å². The zero-order valence-electron chi connectivity index (χ0n) is 14.1. The first-order valence-corrected chi connectivity index (χ1v) is 7.56. The molecule has 0 atom stereocenters. The molecule has 3 aromatic rings. The van der Waals surface area contributed by atoms with Crippen LogP contribution in [0.25, 0.3) is 16.6 Å². The lowest BCUT2D eigenvalue weighted by Gasteiger charge is -2.15. The zero-order valence-corrected chi connectivity index (χ0v) is 14.1. The largest absolute Gasteiger partial charge is 0.383 e. The lowest BCUT2D eigenvalue weighted by molar-refractivity contribution is 0.975. The van der Waals surface area contributed by atoms with Crippen molar-refractivity contribution in [1.82, 2.24) is 9.61 Å². The van der Waals surface area contributed by atoms with Crippen LogP contribution < -0.4 is 16.4 Å². The van der Waals surface area contributed by atoms with E-state index in [1.165, 1.54) is 4.52 Å². The number of benzene rings is 1. The molecule has 0 amide bonds. The Morgan fingerprint density at radius 1 is 0.923 bits per heavy atom. The van der Waals surface area contributed by atoms with Crippen LogP contribution >= 0.6 is 0 Å². The summed E-state index contributed by atoms with van der Waals surface area (Å²) in [5.74, 6) is -0.0129. The molecular weight excluding hydrogens is 328 g/mol. The highest BCUT2D eigenvalue weighted by Gasteiger charge is 2.24. The van der Waals surface area contributed by atoms with Crippen LogP contribution in [-0.2, 0) is 0 Å². The fourth-order valence-corrected chi connectivity index (χ4v) is 2.86. The maximum atomic E-state index is 9.76. The van der Waals surface area contributed by atoms with Gasteiger partial charge in [-0.3, -0.25) is 0 Å². The number of rotatable bonds is 2. The normalized spacial score (nSPS) is 10.1. The summed E-state index contributed by atoms with van der Waals surface area (Å²) in [7, 11) is 3.82. The average molecular weight is 342 g/mol. The summed E-state index contributed by atoms with van der Waals surface area (Å²) in [4.78, 5) is 1.93. The molecule has 0 saturated carbocycles. The van der Waals surface area contributed by atoms with E-state index in [0.717, 1.165) is 5.69 Å². The Kier molecular flexibility index (Phi) is 3.84. The summed E-state index contributed by atoms with van der Waals surface area (Å²) >= 11 is 0. The monoisotopic (exact) mass is 342 g/mol. The molecule has 1 aromatic carbocycles. The van der Waals surface area contributed by atoms with Crippen LogP contribution in [0.15, 0.2) is 24.3 Å². The van der Waals surface area contributed by atoms with Crippen molar-refractivity contribution < 1.29 is 0 Å². The van der Waals surface area contributed by atoms with Gasteiger partial charge in [-0.05, 0) is 17.7 Å². The molecule has 0 saturated heterocycles. The summed E-state index contributed by atoms with van der Waals surface area (Å²) in [5, 5.41) is 32.8. The van der Waals surface area contributed by atoms with Gasteiger partial charge in [0.25, 0.3) is 0 Å². The van der Waals surface area contributed by atoms with Crippen molar-refractivity contribution >= 4 is 22.8 Å². The molecule has 0 unspecified atom stereocenters. The molecule has 0 radical (unpaired) electrons. The number of hydrogen-bond donors (Lipinski definition) is 2. The quantitative estimate of drug-likeness (QED) is 0.723. The van der Waals surface area contributed by atoms with E-state index in [4.69, 9.17) is 11.5 Å². The van der Waals surface area contributed by atoms with Crippen LogP contribution in [0.2, 0.25) is 0 Å². The van der Waals surface area contributed by atoms with Gasteiger partial charge in [-0.1, -0.05) is 12.1 Å². The van der Waals surface area contributed by atoms with Crippen molar-refractivity contribution in [1.29, 1.82) is 15.8 Å². The van der Waals surface area contributed by atoms with Gasteiger partial charge in [0.2, 0.25) is 0 Å². The van der Waals surface area contributed by atoms with Crippen LogP contribution in [0, 0.1) is 34.0 Å². The van der Waals surface area contributed by atoms with E-state index in [-0.39, 0.29) is 33.8 Å². The number of fused-ring (bicyclic) bond motifs is 1.